The first-order valence-electron chi connectivity index (χ1n) is 8.42. The molecule has 3 heterocycles. The molecule has 1 saturated heterocycles. The predicted molar refractivity (Wildman–Crippen MR) is 96.1 cm³/mol. The number of morpholine rings is 1. The molecule has 2 aromatic heterocycles. The third-order valence-corrected chi connectivity index (χ3v) is 4.54. The quantitative estimate of drug-likeness (QED) is 0.675. The number of hydrogen-bond acceptors (Lipinski definition) is 5. The maximum Gasteiger partial charge on any atom is 0.254 e. The summed E-state index contributed by atoms with van der Waals surface area (Å²) in [6, 6.07) is 7.07. The van der Waals surface area contributed by atoms with E-state index in [1.54, 1.807) is 34.0 Å². The Hall–Kier alpha value is -3.06. The molecule has 1 aromatic carbocycles. The largest absolute Gasteiger partial charge is 0.378 e. The molecule has 1 fully saturated rings. The minimum Gasteiger partial charge on any atom is -0.378 e. The van der Waals surface area contributed by atoms with E-state index in [0.717, 1.165) is 22.8 Å². The molecular formula is C19H18N4O3. The molecule has 1 aliphatic heterocycles. The van der Waals surface area contributed by atoms with Crippen molar-refractivity contribution in [2.45, 2.75) is 0 Å². The number of aldehydes is 1. The Bertz CT molecular complexity index is 990. The first kappa shape index (κ1) is 16.4. The molecule has 0 N–H and O–H groups in total. The van der Waals surface area contributed by atoms with Crippen LogP contribution in [0.2, 0.25) is 0 Å². The van der Waals surface area contributed by atoms with E-state index in [-0.39, 0.29) is 5.91 Å². The van der Waals surface area contributed by atoms with E-state index in [2.05, 4.69) is 10.1 Å². The summed E-state index contributed by atoms with van der Waals surface area (Å²) in [6.07, 6.45) is 4.33. The van der Waals surface area contributed by atoms with E-state index in [4.69, 9.17) is 4.74 Å². The molecule has 3 aromatic rings. The number of ether oxygens (including phenoxy) is 1. The van der Waals surface area contributed by atoms with Crippen LogP contribution in [-0.2, 0) is 11.8 Å². The van der Waals surface area contributed by atoms with Gasteiger partial charge in [-0.05, 0) is 24.3 Å². The smallest absolute Gasteiger partial charge is 0.254 e. The van der Waals surface area contributed by atoms with Crippen LogP contribution in [0.5, 0.6) is 0 Å². The second kappa shape index (κ2) is 6.68. The molecule has 7 nitrogen and oxygen atoms in total. The molecule has 0 aliphatic carbocycles. The van der Waals surface area contributed by atoms with Gasteiger partial charge in [0.1, 0.15) is 5.69 Å². The highest BCUT2D eigenvalue weighted by Crippen LogP contribution is 2.32. The third-order valence-electron chi connectivity index (χ3n) is 4.54. The molecule has 26 heavy (non-hydrogen) atoms. The molecular weight excluding hydrogens is 332 g/mol. The van der Waals surface area contributed by atoms with Gasteiger partial charge in [0, 0.05) is 48.4 Å². The van der Waals surface area contributed by atoms with Crippen molar-refractivity contribution in [2.75, 3.05) is 26.3 Å². The Morgan fingerprint density at radius 1 is 1.19 bits per heavy atom. The second-order valence-electron chi connectivity index (χ2n) is 6.22. The second-order valence-corrected chi connectivity index (χ2v) is 6.22. The average molecular weight is 350 g/mol. The number of aryl methyl sites for hydroxylation is 1. The molecule has 0 atom stereocenters. The van der Waals surface area contributed by atoms with Crippen LogP contribution in [0.4, 0.5) is 0 Å². The zero-order valence-corrected chi connectivity index (χ0v) is 14.4. The fourth-order valence-corrected chi connectivity index (χ4v) is 3.26. The van der Waals surface area contributed by atoms with E-state index < -0.39 is 0 Å². The summed E-state index contributed by atoms with van der Waals surface area (Å²) in [5.74, 6) is -0.0338. The van der Waals surface area contributed by atoms with Crippen molar-refractivity contribution in [2.24, 2.45) is 7.05 Å². The molecule has 0 bridgehead atoms. The monoisotopic (exact) mass is 350 g/mol. The van der Waals surface area contributed by atoms with Gasteiger partial charge < -0.3 is 9.64 Å². The summed E-state index contributed by atoms with van der Waals surface area (Å²) in [7, 11) is 1.83. The van der Waals surface area contributed by atoms with Crippen molar-refractivity contribution in [1.29, 1.82) is 0 Å². The average Bonchev–Trinajstić information content (AvgIpc) is 3.12. The van der Waals surface area contributed by atoms with E-state index in [9.17, 15) is 9.59 Å². The van der Waals surface area contributed by atoms with Gasteiger partial charge in [0.25, 0.3) is 5.91 Å². The number of pyridine rings is 1. The fourth-order valence-electron chi connectivity index (χ4n) is 3.26. The molecule has 4 rings (SSSR count). The van der Waals surface area contributed by atoms with E-state index in [0.29, 0.717) is 43.1 Å². The van der Waals surface area contributed by atoms with Crippen LogP contribution in [-0.4, -0.2) is 58.2 Å². The summed E-state index contributed by atoms with van der Waals surface area (Å²) in [4.78, 5) is 30.3. The summed E-state index contributed by atoms with van der Waals surface area (Å²) in [6.45, 7) is 2.24. The van der Waals surface area contributed by atoms with Gasteiger partial charge in [0.2, 0.25) is 0 Å². The zero-order chi connectivity index (χ0) is 18.1. The van der Waals surface area contributed by atoms with Crippen LogP contribution in [0.15, 0.2) is 36.7 Å². The lowest BCUT2D eigenvalue weighted by Crippen LogP contribution is -2.40. The Morgan fingerprint density at radius 3 is 2.69 bits per heavy atom. The van der Waals surface area contributed by atoms with Gasteiger partial charge in [-0.3, -0.25) is 14.3 Å². The standard InChI is InChI=1S/C19H18N4O3/c1-22-11-13(10-20-22)18-15-3-2-14(12-24)21-17(15)5-4-16(18)19(25)23-6-8-26-9-7-23/h2-5,10-12H,6-9H2,1H3. The Morgan fingerprint density at radius 2 is 2.00 bits per heavy atom. The van der Waals surface area contributed by atoms with Crippen molar-refractivity contribution in [1.82, 2.24) is 19.7 Å². The predicted octanol–water partition coefficient (Wildman–Crippen LogP) is 1.92. The number of benzene rings is 1. The van der Waals surface area contributed by atoms with Crippen molar-refractivity contribution in [3.8, 4) is 11.1 Å². The molecule has 7 heteroatoms. The summed E-state index contributed by atoms with van der Waals surface area (Å²) < 4.78 is 7.05. The Kier molecular flexibility index (Phi) is 4.22. The maximum atomic E-state index is 13.1. The van der Waals surface area contributed by atoms with Crippen LogP contribution < -0.4 is 0 Å². The highest BCUT2D eigenvalue weighted by atomic mass is 16.5. The number of fused-ring (bicyclic) bond motifs is 1. The first-order chi connectivity index (χ1) is 12.7. The van der Waals surface area contributed by atoms with E-state index >= 15 is 0 Å². The van der Waals surface area contributed by atoms with Crippen molar-refractivity contribution in [3.63, 3.8) is 0 Å². The molecule has 1 aliphatic rings. The van der Waals surface area contributed by atoms with Gasteiger partial charge in [-0.2, -0.15) is 5.10 Å². The summed E-state index contributed by atoms with van der Waals surface area (Å²) in [5.41, 5.74) is 3.27. The maximum absolute atomic E-state index is 13.1. The molecule has 1 amide bonds. The number of rotatable bonds is 3. The summed E-state index contributed by atoms with van der Waals surface area (Å²) in [5, 5.41) is 5.06. The van der Waals surface area contributed by atoms with Crippen LogP contribution >= 0.6 is 0 Å². The highest BCUT2D eigenvalue weighted by Gasteiger charge is 2.23. The number of aromatic nitrogens is 3. The van der Waals surface area contributed by atoms with Gasteiger partial charge in [0.15, 0.2) is 6.29 Å². The minimum atomic E-state index is -0.0338. The van der Waals surface area contributed by atoms with Crippen LogP contribution in [0.1, 0.15) is 20.8 Å². The lowest BCUT2D eigenvalue weighted by atomic mass is 9.96. The topological polar surface area (TPSA) is 77.3 Å². The van der Waals surface area contributed by atoms with Crippen molar-refractivity contribution in [3.05, 3.63) is 47.9 Å². The van der Waals surface area contributed by atoms with Crippen LogP contribution in [0, 0.1) is 0 Å². The zero-order valence-electron chi connectivity index (χ0n) is 14.4. The first-order valence-corrected chi connectivity index (χ1v) is 8.42. The normalized spacial score (nSPS) is 14.6. The molecule has 0 spiro atoms. The third kappa shape index (κ3) is 2.86. The Balaban J connectivity index is 1.91. The van der Waals surface area contributed by atoms with Gasteiger partial charge in [-0.1, -0.05) is 0 Å². The number of carbonyl (C=O) groups excluding carboxylic acids is 2. The van der Waals surface area contributed by atoms with E-state index in [1.165, 1.54) is 0 Å². The molecule has 0 saturated carbocycles. The number of hydrogen-bond donors (Lipinski definition) is 0. The summed E-state index contributed by atoms with van der Waals surface area (Å²) >= 11 is 0. The lowest BCUT2D eigenvalue weighted by Gasteiger charge is -2.27. The highest BCUT2D eigenvalue weighted by molar-refractivity contribution is 6.09. The Labute approximate surface area is 150 Å². The van der Waals surface area contributed by atoms with Crippen molar-refractivity contribution < 1.29 is 14.3 Å². The van der Waals surface area contributed by atoms with Crippen LogP contribution in [0.3, 0.4) is 0 Å². The number of carbonyl (C=O) groups is 2. The number of amides is 1. The minimum absolute atomic E-state index is 0.0338. The number of nitrogens with zero attached hydrogens (tertiary/aromatic N) is 4. The van der Waals surface area contributed by atoms with Gasteiger partial charge in [-0.15, -0.1) is 0 Å². The molecule has 0 radical (unpaired) electrons. The van der Waals surface area contributed by atoms with E-state index in [1.807, 2.05) is 19.3 Å². The lowest BCUT2D eigenvalue weighted by molar-refractivity contribution is 0.0303. The van der Waals surface area contributed by atoms with Crippen LogP contribution in [0.25, 0.3) is 22.0 Å². The van der Waals surface area contributed by atoms with Crippen molar-refractivity contribution >= 4 is 23.1 Å². The van der Waals surface area contributed by atoms with Gasteiger partial charge >= 0.3 is 0 Å². The van der Waals surface area contributed by atoms with Gasteiger partial charge in [0.05, 0.1) is 24.9 Å². The van der Waals surface area contributed by atoms with Gasteiger partial charge in [-0.25, -0.2) is 4.98 Å². The molecule has 132 valence electrons. The SMILES string of the molecule is Cn1cc(-c2c(C(=O)N3CCOCC3)ccc3nc(C=O)ccc23)cn1. The molecule has 0 unspecified atom stereocenters. The fraction of sp³-hybridized carbons (Fsp3) is 0.263.